The zero-order valence-electron chi connectivity index (χ0n) is 21.3. The smallest absolute Gasteiger partial charge is 0.325 e. The summed E-state index contributed by atoms with van der Waals surface area (Å²) in [7, 11) is -2.01. The maximum absolute atomic E-state index is 14.2. The quantitative estimate of drug-likeness (QED) is 0.395. The molecule has 1 aliphatic rings. The SMILES string of the molecule is CCOc1ccc(S(=O)(=O)N2c3ccc(Cl)cc3C(O)(c3ccccc3Cl)C2C(=O)N(C)CC(=O)OC)cc1. The van der Waals surface area contributed by atoms with Crippen LogP contribution in [0.1, 0.15) is 18.1 Å². The molecule has 2 atom stereocenters. The fourth-order valence-electron chi connectivity index (χ4n) is 4.60. The number of sulfonamides is 1. The van der Waals surface area contributed by atoms with Crippen molar-refractivity contribution < 1.29 is 32.6 Å². The molecule has 4 rings (SSSR count). The van der Waals surface area contributed by atoms with Gasteiger partial charge in [0.05, 0.1) is 24.3 Å². The Morgan fingerprint density at radius 2 is 1.72 bits per heavy atom. The van der Waals surface area contributed by atoms with Crippen molar-refractivity contribution in [3.8, 4) is 5.75 Å². The van der Waals surface area contributed by atoms with Gasteiger partial charge in [-0.05, 0) is 55.5 Å². The molecule has 0 aliphatic carbocycles. The van der Waals surface area contributed by atoms with Gasteiger partial charge in [0.25, 0.3) is 15.9 Å². The third-order valence-corrected chi connectivity index (χ3v) is 8.77. The topological polar surface area (TPSA) is 113 Å². The first-order valence-electron chi connectivity index (χ1n) is 11.8. The maximum Gasteiger partial charge on any atom is 0.325 e. The van der Waals surface area contributed by atoms with E-state index in [9.17, 15) is 23.1 Å². The van der Waals surface area contributed by atoms with Crippen molar-refractivity contribution in [3.05, 3.63) is 87.9 Å². The number of benzene rings is 3. The lowest BCUT2D eigenvalue weighted by atomic mass is 9.82. The predicted octanol–water partition coefficient (Wildman–Crippen LogP) is 3.84. The Hall–Kier alpha value is -3.31. The van der Waals surface area contributed by atoms with Crippen LogP contribution in [0.3, 0.4) is 0 Å². The fraction of sp³-hybridized carbons (Fsp3) is 0.259. The van der Waals surface area contributed by atoms with Gasteiger partial charge in [0.2, 0.25) is 0 Å². The first-order valence-corrected chi connectivity index (χ1v) is 14.0. The number of carbonyl (C=O) groups excluding carboxylic acids is 2. The molecule has 12 heteroatoms. The van der Waals surface area contributed by atoms with E-state index in [4.69, 9.17) is 27.9 Å². The van der Waals surface area contributed by atoms with Gasteiger partial charge in [-0.15, -0.1) is 0 Å². The number of likely N-dealkylation sites (N-methyl/N-ethyl adjacent to an activating group) is 1. The van der Waals surface area contributed by atoms with Crippen molar-refractivity contribution in [2.45, 2.75) is 23.5 Å². The fourth-order valence-corrected chi connectivity index (χ4v) is 6.70. The van der Waals surface area contributed by atoms with E-state index >= 15 is 0 Å². The predicted molar refractivity (Wildman–Crippen MR) is 147 cm³/mol. The molecule has 206 valence electrons. The van der Waals surface area contributed by atoms with Gasteiger partial charge in [-0.25, -0.2) is 12.7 Å². The molecule has 0 saturated heterocycles. The van der Waals surface area contributed by atoms with Crippen molar-refractivity contribution in [1.29, 1.82) is 0 Å². The molecule has 1 amide bonds. The number of rotatable bonds is 8. The highest BCUT2D eigenvalue weighted by molar-refractivity contribution is 7.93. The van der Waals surface area contributed by atoms with Crippen molar-refractivity contribution in [2.24, 2.45) is 0 Å². The van der Waals surface area contributed by atoms with E-state index in [-0.39, 0.29) is 31.8 Å². The summed E-state index contributed by atoms with van der Waals surface area (Å²) in [5, 5.41) is 12.8. The summed E-state index contributed by atoms with van der Waals surface area (Å²) in [6.45, 7) is 1.70. The second kappa shape index (κ2) is 11.1. The number of anilines is 1. The normalized spacial score (nSPS) is 18.4. The van der Waals surface area contributed by atoms with Crippen LogP contribution in [0.25, 0.3) is 0 Å². The maximum atomic E-state index is 14.2. The largest absolute Gasteiger partial charge is 0.494 e. The second-order valence-corrected chi connectivity index (χ2v) is 11.4. The molecule has 39 heavy (non-hydrogen) atoms. The molecule has 0 bridgehead atoms. The highest BCUT2D eigenvalue weighted by atomic mass is 35.5. The van der Waals surface area contributed by atoms with Gasteiger partial charge in [0, 0.05) is 28.2 Å². The summed E-state index contributed by atoms with van der Waals surface area (Å²) in [4.78, 5) is 26.9. The summed E-state index contributed by atoms with van der Waals surface area (Å²) in [5.74, 6) is -1.14. The van der Waals surface area contributed by atoms with E-state index < -0.39 is 40.1 Å². The summed E-state index contributed by atoms with van der Waals surface area (Å²) < 4.78 is 39.4. The zero-order valence-corrected chi connectivity index (χ0v) is 23.6. The minimum absolute atomic E-state index is 0.0283. The van der Waals surface area contributed by atoms with E-state index in [1.807, 2.05) is 0 Å². The number of nitrogens with zero attached hydrogens (tertiary/aromatic N) is 2. The van der Waals surface area contributed by atoms with Gasteiger partial charge in [-0.1, -0.05) is 41.4 Å². The molecule has 9 nitrogen and oxygen atoms in total. The molecule has 1 heterocycles. The van der Waals surface area contributed by atoms with Crippen LogP contribution in [0.15, 0.2) is 71.6 Å². The van der Waals surface area contributed by atoms with Crippen molar-refractivity contribution in [1.82, 2.24) is 4.90 Å². The van der Waals surface area contributed by atoms with Crippen LogP contribution in [0.5, 0.6) is 5.75 Å². The second-order valence-electron chi connectivity index (χ2n) is 8.79. The Morgan fingerprint density at radius 1 is 1.05 bits per heavy atom. The number of hydrogen-bond donors (Lipinski definition) is 1. The molecule has 1 aliphatic heterocycles. The van der Waals surface area contributed by atoms with Crippen LogP contribution in [-0.2, 0) is 30.0 Å². The zero-order chi connectivity index (χ0) is 28.5. The standard InChI is InChI=1S/C27H26Cl2N2O7S/c1-4-38-18-10-12-19(13-11-18)39(35,36)31-23-14-9-17(28)15-21(23)27(34,20-7-5-6-8-22(20)29)25(31)26(33)30(2)16-24(32)37-3/h5-15,25,34H,4,16H2,1-3H3. The van der Waals surface area contributed by atoms with Gasteiger partial charge in [-0.2, -0.15) is 0 Å². The van der Waals surface area contributed by atoms with E-state index in [0.29, 0.717) is 12.4 Å². The van der Waals surface area contributed by atoms with Crippen LogP contribution >= 0.6 is 23.2 Å². The van der Waals surface area contributed by atoms with E-state index in [2.05, 4.69) is 4.74 Å². The van der Waals surface area contributed by atoms with E-state index in [1.54, 1.807) is 19.1 Å². The summed E-state index contributed by atoms with van der Waals surface area (Å²) in [6.07, 6.45) is 0. The highest BCUT2D eigenvalue weighted by Gasteiger charge is 2.60. The first kappa shape index (κ1) is 28.7. The number of carbonyl (C=O) groups is 2. The number of fused-ring (bicyclic) bond motifs is 1. The highest BCUT2D eigenvalue weighted by Crippen LogP contribution is 2.52. The number of ether oxygens (including phenoxy) is 2. The number of hydrogen-bond acceptors (Lipinski definition) is 7. The van der Waals surface area contributed by atoms with Crippen LogP contribution in [0.4, 0.5) is 5.69 Å². The number of halogens is 2. The number of esters is 1. The van der Waals surface area contributed by atoms with Crippen molar-refractivity contribution >= 4 is 50.8 Å². The van der Waals surface area contributed by atoms with Gasteiger partial charge >= 0.3 is 5.97 Å². The third kappa shape index (κ3) is 5.05. The Bertz CT molecular complexity index is 1510. The van der Waals surface area contributed by atoms with Crippen LogP contribution in [0.2, 0.25) is 10.0 Å². The monoisotopic (exact) mass is 592 g/mol. The molecule has 2 unspecified atom stereocenters. The van der Waals surface area contributed by atoms with Crippen LogP contribution in [-0.4, -0.2) is 63.7 Å². The van der Waals surface area contributed by atoms with Crippen LogP contribution < -0.4 is 9.04 Å². The molecular formula is C27H26Cl2N2O7S. The molecule has 0 spiro atoms. The Balaban J connectivity index is 1.99. The average molecular weight is 593 g/mol. The third-order valence-electron chi connectivity index (χ3n) is 6.42. The minimum atomic E-state index is -4.48. The Kier molecular flexibility index (Phi) is 8.13. The summed E-state index contributed by atoms with van der Waals surface area (Å²) in [5.41, 5.74) is -2.11. The van der Waals surface area contributed by atoms with Gasteiger partial charge in [-0.3, -0.25) is 9.59 Å². The molecule has 3 aromatic rings. The number of methoxy groups -OCH3 is 1. The number of amides is 1. The molecule has 3 aromatic carbocycles. The van der Waals surface area contributed by atoms with E-state index in [1.165, 1.54) is 61.6 Å². The molecule has 0 fully saturated rings. The molecule has 0 aromatic heterocycles. The minimum Gasteiger partial charge on any atom is -0.494 e. The molecular weight excluding hydrogens is 567 g/mol. The van der Waals surface area contributed by atoms with Gasteiger partial charge < -0.3 is 19.5 Å². The molecule has 1 N–H and O–H groups in total. The van der Waals surface area contributed by atoms with Gasteiger partial charge in [0.15, 0.2) is 6.04 Å². The lowest BCUT2D eigenvalue weighted by Gasteiger charge is -2.36. The lowest BCUT2D eigenvalue weighted by molar-refractivity contribution is -0.148. The Morgan fingerprint density at radius 3 is 2.33 bits per heavy atom. The van der Waals surface area contributed by atoms with Crippen molar-refractivity contribution in [3.63, 3.8) is 0 Å². The number of aliphatic hydroxyl groups is 1. The summed E-state index contributed by atoms with van der Waals surface area (Å²) in [6, 6.07) is 14.4. The lowest BCUT2D eigenvalue weighted by Crippen LogP contribution is -2.57. The van der Waals surface area contributed by atoms with E-state index in [0.717, 1.165) is 16.3 Å². The van der Waals surface area contributed by atoms with Gasteiger partial charge in [0.1, 0.15) is 17.9 Å². The van der Waals surface area contributed by atoms with Crippen molar-refractivity contribution in [2.75, 3.05) is 31.6 Å². The average Bonchev–Trinajstić information content (AvgIpc) is 3.18. The Labute approximate surface area is 236 Å². The molecule has 0 radical (unpaired) electrons. The summed E-state index contributed by atoms with van der Waals surface area (Å²) >= 11 is 12.8. The first-order chi connectivity index (χ1) is 18.5. The molecule has 0 saturated carbocycles. The van der Waals surface area contributed by atoms with Crippen LogP contribution in [0, 0.1) is 0 Å².